The van der Waals surface area contributed by atoms with Gasteiger partial charge in [0.1, 0.15) is 5.69 Å². The number of carbonyl (C=O) groups excluding carboxylic acids is 1. The van der Waals surface area contributed by atoms with Crippen LogP contribution in [0.2, 0.25) is 0 Å². The molecule has 0 unspecified atom stereocenters. The van der Waals surface area contributed by atoms with Crippen molar-refractivity contribution in [1.29, 1.82) is 0 Å². The summed E-state index contributed by atoms with van der Waals surface area (Å²) in [7, 11) is 0. The molecule has 0 aliphatic rings. The molecule has 6 nitrogen and oxygen atoms in total. The fraction of sp³-hybridized carbons (Fsp3) is 0.261. The summed E-state index contributed by atoms with van der Waals surface area (Å²) in [6.07, 6.45) is 2.08. The number of rotatable bonds is 8. The van der Waals surface area contributed by atoms with Crippen LogP contribution in [0.1, 0.15) is 36.2 Å². The molecule has 150 valence electrons. The number of carboxylic acid groups (broad SMARTS) is 1. The predicted octanol–water partition coefficient (Wildman–Crippen LogP) is 3.83. The van der Waals surface area contributed by atoms with E-state index in [0.717, 1.165) is 11.1 Å². The van der Waals surface area contributed by atoms with Crippen LogP contribution >= 0.6 is 0 Å². The Morgan fingerprint density at radius 3 is 2.28 bits per heavy atom. The average Bonchev–Trinajstić information content (AvgIpc) is 3.13. The predicted molar refractivity (Wildman–Crippen MR) is 112 cm³/mol. The molecule has 0 spiro atoms. The van der Waals surface area contributed by atoms with Crippen LogP contribution in [0.15, 0.2) is 66.9 Å². The number of hydrogen-bond acceptors (Lipinski definition) is 3. The van der Waals surface area contributed by atoms with Gasteiger partial charge in [0.05, 0.1) is 17.5 Å². The van der Waals surface area contributed by atoms with E-state index in [1.807, 2.05) is 60.7 Å². The minimum absolute atomic E-state index is 0.260. The van der Waals surface area contributed by atoms with Gasteiger partial charge in [0.25, 0.3) is 5.91 Å². The fourth-order valence-corrected chi connectivity index (χ4v) is 2.94. The number of hydrogen-bond donors (Lipinski definition) is 2. The molecule has 1 heterocycles. The lowest BCUT2D eigenvalue weighted by Crippen LogP contribution is -2.32. The third-order valence-corrected chi connectivity index (χ3v) is 4.86. The Hall–Kier alpha value is -3.41. The number of benzene rings is 2. The fourth-order valence-electron chi connectivity index (χ4n) is 2.94. The van der Waals surface area contributed by atoms with Crippen molar-refractivity contribution in [3.05, 3.63) is 78.0 Å². The lowest BCUT2D eigenvalue weighted by Gasteiger charge is -2.18. The Balaban J connectivity index is 1.82. The summed E-state index contributed by atoms with van der Waals surface area (Å²) in [5.41, 5.74) is 2.13. The molecule has 2 N–H and O–H groups in total. The number of carbonyl (C=O) groups is 2. The summed E-state index contributed by atoms with van der Waals surface area (Å²) in [6, 6.07) is 19.5. The standard InChI is InChI=1S/C23H25N3O3/c1-23(2,22(28)29)13-14-24-21(27)19-16-26(15-17-9-5-3-6-10-17)25-20(19)18-11-7-4-8-12-18/h3-12,16H,13-15H2,1-2H3,(H,24,27)(H,28,29). The molecular formula is C23H25N3O3. The number of nitrogens with one attached hydrogen (secondary N) is 1. The first-order chi connectivity index (χ1) is 13.9. The minimum Gasteiger partial charge on any atom is -0.481 e. The third-order valence-electron chi connectivity index (χ3n) is 4.86. The van der Waals surface area contributed by atoms with E-state index >= 15 is 0 Å². The van der Waals surface area contributed by atoms with E-state index in [4.69, 9.17) is 0 Å². The second-order valence-electron chi connectivity index (χ2n) is 7.64. The summed E-state index contributed by atoms with van der Waals surface area (Å²) in [5, 5.41) is 16.7. The molecule has 0 bridgehead atoms. The highest BCUT2D eigenvalue weighted by molar-refractivity contribution is 5.99. The SMILES string of the molecule is CC(C)(CCNC(=O)c1cn(Cc2ccccc2)nc1-c1ccccc1)C(=O)O. The van der Waals surface area contributed by atoms with Crippen molar-refractivity contribution >= 4 is 11.9 Å². The Morgan fingerprint density at radius 1 is 1.03 bits per heavy atom. The van der Waals surface area contributed by atoms with Crippen LogP contribution in [0.5, 0.6) is 0 Å². The van der Waals surface area contributed by atoms with E-state index in [1.54, 1.807) is 24.7 Å². The molecule has 1 aromatic heterocycles. The monoisotopic (exact) mass is 391 g/mol. The maximum absolute atomic E-state index is 12.8. The molecule has 0 fully saturated rings. The molecule has 1 amide bonds. The Kier molecular flexibility index (Phi) is 6.12. The summed E-state index contributed by atoms with van der Waals surface area (Å²) in [6.45, 7) is 4.12. The van der Waals surface area contributed by atoms with Gasteiger partial charge in [-0.25, -0.2) is 0 Å². The second kappa shape index (κ2) is 8.73. The van der Waals surface area contributed by atoms with Gasteiger partial charge in [-0.1, -0.05) is 60.7 Å². The highest BCUT2D eigenvalue weighted by Gasteiger charge is 2.27. The van der Waals surface area contributed by atoms with Crippen LogP contribution in [0.3, 0.4) is 0 Å². The molecule has 0 saturated heterocycles. The molecule has 6 heteroatoms. The smallest absolute Gasteiger partial charge is 0.309 e. The van der Waals surface area contributed by atoms with Crippen LogP contribution in [-0.2, 0) is 11.3 Å². The zero-order valence-corrected chi connectivity index (χ0v) is 16.6. The summed E-state index contributed by atoms with van der Waals surface area (Å²) in [5.74, 6) is -1.14. The van der Waals surface area contributed by atoms with Crippen molar-refractivity contribution < 1.29 is 14.7 Å². The molecule has 0 aliphatic heterocycles. The molecule has 29 heavy (non-hydrogen) atoms. The molecular weight excluding hydrogens is 366 g/mol. The van der Waals surface area contributed by atoms with Crippen molar-refractivity contribution in [2.24, 2.45) is 5.41 Å². The van der Waals surface area contributed by atoms with Crippen molar-refractivity contribution in [3.8, 4) is 11.3 Å². The second-order valence-corrected chi connectivity index (χ2v) is 7.64. The van der Waals surface area contributed by atoms with Crippen molar-refractivity contribution in [2.45, 2.75) is 26.8 Å². The lowest BCUT2D eigenvalue weighted by molar-refractivity contribution is -0.147. The van der Waals surface area contributed by atoms with Gasteiger partial charge in [-0.3, -0.25) is 14.3 Å². The number of nitrogens with zero attached hydrogens (tertiary/aromatic N) is 2. The molecule has 0 radical (unpaired) electrons. The van der Waals surface area contributed by atoms with E-state index in [0.29, 0.717) is 24.2 Å². The highest BCUT2D eigenvalue weighted by atomic mass is 16.4. The van der Waals surface area contributed by atoms with Crippen molar-refractivity contribution in [1.82, 2.24) is 15.1 Å². The van der Waals surface area contributed by atoms with E-state index in [-0.39, 0.29) is 12.5 Å². The molecule has 0 saturated carbocycles. The number of carboxylic acids is 1. The van der Waals surface area contributed by atoms with E-state index < -0.39 is 11.4 Å². The summed E-state index contributed by atoms with van der Waals surface area (Å²) in [4.78, 5) is 24.1. The molecule has 0 aliphatic carbocycles. The van der Waals surface area contributed by atoms with Crippen LogP contribution in [0.25, 0.3) is 11.3 Å². The zero-order chi connectivity index (χ0) is 20.9. The molecule has 2 aromatic carbocycles. The van der Waals surface area contributed by atoms with Crippen LogP contribution in [-0.4, -0.2) is 33.3 Å². The van der Waals surface area contributed by atoms with E-state index in [2.05, 4.69) is 10.4 Å². The number of aliphatic carboxylic acids is 1. The van der Waals surface area contributed by atoms with Gasteiger partial charge < -0.3 is 10.4 Å². The van der Waals surface area contributed by atoms with Gasteiger partial charge in [0.15, 0.2) is 0 Å². The number of aromatic nitrogens is 2. The highest BCUT2D eigenvalue weighted by Crippen LogP contribution is 2.23. The minimum atomic E-state index is -0.896. The van der Waals surface area contributed by atoms with E-state index in [9.17, 15) is 14.7 Å². The largest absolute Gasteiger partial charge is 0.481 e. The average molecular weight is 391 g/mol. The third kappa shape index (κ3) is 5.10. The summed E-state index contributed by atoms with van der Waals surface area (Å²) < 4.78 is 1.76. The Labute approximate surface area is 170 Å². The Morgan fingerprint density at radius 2 is 1.66 bits per heavy atom. The first-order valence-corrected chi connectivity index (χ1v) is 9.55. The Bertz CT molecular complexity index is 979. The van der Waals surface area contributed by atoms with E-state index in [1.165, 1.54) is 0 Å². The van der Waals surface area contributed by atoms with Gasteiger partial charge in [-0.05, 0) is 25.8 Å². The quantitative estimate of drug-likeness (QED) is 0.611. The molecule has 3 aromatic rings. The van der Waals surface area contributed by atoms with Crippen LogP contribution < -0.4 is 5.32 Å². The van der Waals surface area contributed by atoms with Crippen LogP contribution in [0.4, 0.5) is 0 Å². The van der Waals surface area contributed by atoms with Crippen LogP contribution in [0, 0.1) is 5.41 Å². The maximum atomic E-state index is 12.8. The zero-order valence-electron chi connectivity index (χ0n) is 16.6. The van der Waals surface area contributed by atoms with Crippen molar-refractivity contribution in [2.75, 3.05) is 6.54 Å². The summed E-state index contributed by atoms with van der Waals surface area (Å²) >= 11 is 0. The topological polar surface area (TPSA) is 84.2 Å². The molecule has 3 rings (SSSR count). The first-order valence-electron chi connectivity index (χ1n) is 9.55. The van der Waals surface area contributed by atoms with Gasteiger partial charge in [0, 0.05) is 18.3 Å². The number of amides is 1. The molecule has 0 atom stereocenters. The normalized spacial score (nSPS) is 11.2. The maximum Gasteiger partial charge on any atom is 0.309 e. The lowest BCUT2D eigenvalue weighted by atomic mass is 9.89. The van der Waals surface area contributed by atoms with Gasteiger partial charge in [0.2, 0.25) is 0 Å². The van der Waals surface area contributed by atoms with Gasteiger partial charge in [-0.15, -0.1) is 0 Å². The first kappa shape index (κ1) is 20.3. The van der Waals surface area contributed by atoms with Crippen molar-refractivity contribution in [3.63, 3.8) is 0 Å². The van der Waals surface area contributed by atoms with Gasteiger partial charge >= 0.3 is 5.97 Å². The van der Waals surface area contributed by atoms with Gasteiger partial charge in [-0.2, -0.15) is 5.10 Å².